The van der Waals surface area contributed by atoms with Crippen LogP contribution < -0.4 is 0 Å². The number of hydrogen-bond donors (Lipinski definition) is 1. The molecule has 0 fully saturated rings. The molecule has 2 aromatic rings. The van der Waals surface area contributed by atoms with Gasteiger partial charge >= 0.3 is 5.97 Å². The van der Waals surface area contributed by atoms with E-state index < -0.39 is 5.97 Å². The van der Waals surface area contributed by atoms with E-state index in [1.54, 1.807) is 30.0 Å². The lowest BCUT2D eigenvalue weighted by molar-refractivity contribution is -0.133. The number of carboxylic acids is 1. The zero-order valence-electron chi connectivity index (χ0n) is 16.6. The van der Waals surface area contributed by atoms with Crippen LogP contribution in [0.25, 0.3) is 0 Å². The van der Waals surface area contributed by atoms with E-state index in [1.807, 2.05) is 12.3 Å². The fraction of sp³-hybridized carbons (Fsp3) is 0.292. The Morgan fingerprint density at radius 3 is 2.41 bits per heavy atom. The van der Waals surface area contributed by atoms with E-state index >= 15 is 0 Å². The fourth-order valence-corrected chi connectivity index (χ4v) is 4.55. The zero-order valence-corrected chi connectivity index (χ0v) is 17.4. The molecule has 1 unspecified atom stereocenters. The summed E-state index contributed by atoms with van der Waals surface area (Å²) in [6, 6.07) is 15.0. The number of aryl methyl sites for hydroxylation is 2. The van der Waals surface area contributed by atoms with Gasteiger partial charge in [-0.2, -0.15) is 0 Å². The number of aliphatic carboxylic acids is 1. The highest BCUT2D eigenvalue weighted by atomic mass is 32.2. The van der Waals surface area contributed by atoms with Crippen LogP contribution in [0, 0.1) is 12.7 Å². The summed E-state index contributed by atoms with van der Waals surface area (Å²) in [4.78, 5) is 13.8. The van der Waals surface area contributed by atoms with Crippen LogP contribution in [0.2, 0.25) is 0 Å². The van der Waals surface area contributed by atoms with Gasteiger partial charge < -0.3 is 10.0 Å². The quantitative estimate of drug-likeness (QED) is 0.575. The predicted octanol–water partition coefficient (Wildman–Crippen LogP) is 5.21. The Morgan fingerprint density at radius 2 is 1.72 bits per heavy atom. The summed E-state index contributed by atoms with van der Waals surface area (Å²) in [7, 11) is 0. The van der Waals surface area contributed by atoms with Crippen molar-refractivity contribution in [2.45, 2.75) is 31.6 Å². The first-order valence-corrected chi connectivity index (χ1v) is 10.9. The molecule has 1 aliphatic rings. The number of thioether (sulfide) groups is 1. The van der Waals surface area contributed by atoms with Gasteiger partial charge in [-0.1, -0.05) is 42.0 Å². The number of rotatable bonds is 9. The molecule has 3 nitrogen and oxygen atoms in total. The lowest BCUT2D eigenvalue weighted by atomic mass is 10.1. The minimum atomic E-state index is -0.870. The second kappa shape index (κ2) is 10.3. The molecule has 0 aliphatic carbocycles. The van der Waals surface area contributed by atoms with Gasteiger partial charge in [0.25, 0.3) is 0 Å². The first-order chi connectivity index (χ1) is 14.0. The number of carbonyl (C=O) groups is 1. The van der Waals surface area contributed by atoms with Gasteiger partial charge in [-0.25, -0.2) is 9.18 Å². The van der Waals surface area contributed by atoms with Gasteiger partial charge in [-0.05, 0) is 67.4 Å². The molecule has 29 heavy (non-hydrogen) atoms. The van der Waals surface area contributed by atoms with E-state index in [9.17, 15) is 14.3 Å². The molecule has 0 amide bonds. The van der Waals surface area contributed by atoms with Crippen molar-refractivity contribution in [1.29, 1.82) is 0 Å². The van der Waals surface area contributed by atoms with Crippen molar-refractivity contribution in [2.75, 3.05) is 12.3 Å². The lowest BCUT2D eigenvalue weighted by Gasteiger charge is -2.33. The van der Waals surface area contributed by atoms with Crippen LogP contribution in [0.15, 0.2) is 72.5 Å². The first kappa shape index (κ1) is 21.2. The fourth-order valence-electron chi connectivity index (χ4n) is 3.29. The molecule has 0 saturated carbocycles. The summed E-state index contributed by atoms with van der Waals surface area (Å²) in [6.45, 7) is 2.83. The van der Waals surface area contributed by atoms with Crippen molar-refractivity contribution in [2.24, 2.45) is 0 Å². The van der Waals surface area contributed by atoms with Crippen molar-refractivity contribution in [3.05, 3.63) is 95.0 Å². The van der Waals surface area contributed by atoms with E-state index in [0.29, 0.717) is 5.57 Å². The molecule has 0 spiro atoms. The molecule has 0 radical (unpaired) electrons. The molecule has 1 atom stereocenters. The van der Waals surface area contributed by atoms with Crippen molar-refractivity contribution < 1.29 is 14.3 Å². The molecule has 152 valence electrons. The number of halogens is 1. The topological polar surface area (TPSA) is 40.5 Å². The summed E-state index contributed by atoms with van der Waals surface area (Å²) < 4.78 is 13.0. The second-order valence-corrected chi connectivity index (χ2v) is 8.38. The SMILES string of the molecule is Cc1ccc(CCN2C=CC=C(C(=O)O)C2SCCCc2ccc(F)cc2)cc1. The standard InChI is InChI=1S/C24H26FNO2S/c1-18-6-8-20(9-7-18)14-16-26-15-2-5-22(24(27)28)23(26)29-17-3-4-19-10-12-21(25)13-11-19/h2,5-13,15,23H,3-4,14,16-17H2,1H3,(H,27,28). The largest absolute Gasteiger partial charge is 0.478 e. The molecule has 5 heteroatoms. The monoisotopic (exact) mass is 411 g/mol. The highest BCUT2D eigenvalue weighted by Gasteiger charge is 2.27. The smallest absolute Gasteiger partial charge is 0.334 e. The molecule has 3 rings (SSSR count). The Labute approximate surface area is 175 Å². The molecule has 1 aliphatic heterocycles. The van der Waals surface area contributed by atoms with Crippen molar-refractivity contribution in [3.63, 3.8) is 0 Å². The third-order valence-electron chi connectivity index (χ3n) is 4.95. The van der Waals surface area contributed by atoms with Crippen LogP contribution in [-0.4, -0.2) is 33.6 Å². The minimum absolute atomic E-state index is 0.198. The van der Waals surface area contributed by atoms with E-state index in [2.05, 4.69) is 36.1 Å². The summed E-state index contributed by atoms with van der Waals surface area (Å²) in [5.41, 5.74) is 4.00. The molecule has 1 heterocycles. The van der Waals surface area contributed by atoms with Crippen LogP contribution in [0.3, 0.4) is 0 Å². The van der Waals surface area contributed by atoms with Gasteiger partial charge in [-0.15, -0.1) is 11.8 Å². The Hall–Kier alpha value is -2.53. The average molecular weight is 412 g/mol. The van der Waals surface area contributed by atoms with E-state index in [0.717, 1.165) is 37.1 Å². The molecule has 0 bridgehead atoms. The van der Waals surface area contributed by atoms with E-state index in [1.165, 1.54) is 23.3 Å². The lowest BCUT2D eigenvalue weighted by Crippen LogP contribution is -2.36. The summed E-state index contributed by atoms with van der Waals surface area (Å²) in [5.74, 6) is -0.259. The maximum atomic E-state index is 13.0. The highest BCUT2D eigenvalue weighted by Crippen LogP contribution is 2.28. The van der Waals surface area contributed by atoms with Crippen LogP contribution in [0.4, 0.5) is 4.39 Å². The van der Waals surface area contributed by atoms with Gasteiger partial charge in [-0.3, -0.25) is 0 Å². The number of allylic oxidation sites excluding steroid dienone is 2. The first-order valence-electron chi connectivity index (χ1n) is 9.82. The summed E-state index contributed by atoms with van der Waals surface area (Å²) in [6.07, 6.45) is 8.12. The van der Waals surface area contributed by atoms with Crippen LogP contribution in [0.5, 0.6) is 0 Å². The van der Waals surface area contributed by atoms with Gasteiger partial charge in [0.1, 0.15) is 11.2 Å². The molecular weight excluding hydrogens is 385 g/mol. The Morgan fingerprint density at radius 1 is 1.07 bits per heavy atom. The van der Waals surface area contributed by atoms with Crippen LogP contribution in [0.1, 0.15) is 23.1 Å². The molecule has 0 saturated heterocycles. The number of benzene rings is 2. The number of hydrogen-bond acceptors (Lipinski definition) is 3. The normalized spacial score (nSPS) is 16.0. The van der Waals surface area contributed by atoms with Gasteiger partial charge in [0.15, 0.2) is 0 Å². The van der Waals surface area contributed by atoms with Crippen LogP contribution in [-0.2, 0) is 17.6 Å². The van der Waals surface area contributed by atoms with Crippen molar-refractivity contribution in [1.82, 2.24) is 4.90 Å². The molecule has 1 N–H and O–H groups in total. The third kappa shape index (κ3) is 6.23. The minimum Gasteiger partial charge on any atom is -0.478 e. The summed E-state index contributed by atoms with van der Waals surface area (Å²) >= 11 is 1.65. The third-order valence-corrected chi connectivity index (χ3v) is 6.31. The maximum Gasteiger partial charge on any atom is 0.334 e. The van der Waals surface area contributed by atoms with Gasteiger partial charge in [0.2, 0.25) is 0 Å². The zero-order chi connectivity index (χ0) is 20.6. The van der Waals surface area contributed by atoms with E-state index in [-0.39, 0.29) is 11.2 Å². The van der Waals surface area contributed by atoms with Crippen molar-refractivity contribution >= 4 is 17.7 Å². The van der Waals surface area contributed by atoms with Gasteiger partial charge in [0, 0.05) is 12.7 Å². The highest BCUT2D eigenvalue weighted by molar-refractivity contribution is 8.00. The maximum absolute atomic E-state index is 13.0. The van der Waals surface area contributed by atoms with Crippen molar-refractivity contribution in [3.8, 4) is 0 Å². The number of nitrogens with zero attached hydrogens (tertiary/aromatic N) is 1. The molecule has 0 aromatic heterocycles. The Balaban J connectivity index is 1.57. The Kier molecular flexibility index (Phi) is 7.53. The predicted molar refractivity (Wildman–Crippen MR) is 117 cm³/mol. The van der Waals surface area contributed by atoms with Gasteiger partial charge in [0.05, 0.1) is 5.57 Å². The van der Waals surface area contributed by atoms with Crippen LogP contribution >= 0.6 is 11.8 Å². The summed E-state index contributed by atoms with van der Waals surface area (Å²) in [5, 5.41) is 9.43. The second-order valence-electron chi connectivity index (χ2n) is 7.20. The molecule has 2 aromatic carbocycles. The van der Waals surface area contributed by atoms with E-state index in [4.69, 9.17) is 0 Å². The average Bonchev–Trinajstić information content (AvgIpc) is 2.72. The number of carboxylic acid groups (broad SMARTS) is 1. The molecular formula is C24H26FNO2S. The Bertz CT molecular complexity index is 875.